The van der Waals surface area contributed by atoms with Gasteiger partial charge in [0, 0.05) is 6.08 Å². The molecule has 4 aromatic rings. The van der Waals surface area contributed by atoms with Crippen molar-refractivity contribution in [3.63, 3.8) is 0 Å². The molecule has 164 valence electrons. The molecular weight excluding hydrogens is 417 g/mol. The Labute approximate surface area is 190 Å². The van der Waals surface area contributed by atoms with E-state index >= 15 is 0 Å². The molecule has 7 heteroatoms. The fourth-order valence-electron chi connectivity index (χ4n) is 3.98. The Hall–Kier alpha value is -4.26. The van der Waals surface area contributed by atoms with Crippen LogP contribution in [-0.4, -0.2) is 20.7 Å². The van der Waals surface area contributed by atoms with Crippen molar-refractivity contribution in [2.45, 2.75) is 18.5 Å². The van der Waals surface area contributed by atoms with Gasteiger partial charge in [-0.2, -0.15) is 4.98 Å². The van der Waals surface area contributed by atoms with Crippen molar-refractivity contribution in [1.82, 2.24) is 14.8 Å². The van der Waals surface area contributed by atoms with Gasteiger partial charge < -0.3 is 5.32 Å². The topological polar surface area (TPSA) is 71.8 Å². The van der Waals surface area contributed by atoms with Crippen LogP contribution < -0.4 is 10.6 Å². The lowest BCUT2D eigenvalue weighted by atomic mass is 9.93. The number of carbonyl (C=O) groups is 1. The number of amides is 1. The predicted octanol–water partition coefficient (Wildman–Crippen LogP) is 5.22. The summed E-state index contributed by atoms with van der Waals surface area (Å²) in [7, 11) is 0. The van der Waals surface area contributed by atoms with Crippen molar-refractivity contribution in [3.8, 4) is 0 Å². The summed E-state index contributed by atoms with van der Waals surface area (Å²) < 4.78 is 14.9. The molecule has 0 radical (unpaired) electrons. The van der Waals surface area contributed by atoms with Crippen molar-refractivity contribution >= 4 is 23.9 Å². The second-order valence-electron chi connectivity index (χ2n) is 7.85. The summed E-state index contributed by atoms with van der Waals surface area (Å²) in [5, 5.41) is 10.7. The zero-order valence-electron chi connectivity index (χ0n) is 17.7. The molecule has 1 aliphatic heterocycles. The third-order valence-corrected chi connectivity index (χ3v) is 5.61. The molecule has 0 spiro atoms. The smallest absolute Gasteiger partial charge is 0.250 e. The van der Waals surface area contributed by atoms with E-state index in [9.17, 15) is 9.18 Å². The van der Waals surface area contributed by atoms with Crippen molar-refractivity contribution in [1.29, 1.82) is 0 Å². The number of halogens is 1. The SMILES string of the molecule is O=C(/C=C/c1ccc(F)cc1)Nc1nc2n(n1)[C@@H](c1ccccc1)C[C@@H](c1ccccc1)N2. The lowest BCUT2D eigenvalue weighted by Crippen LogP contribution is -2.28. The monoisotopic (exact) mass is 439 g/mol. The van der Waals surface area contributed by atoms with Crippen LogP contribution >= 0.6 is 0 Å². The van der Waals surface area contributed by atoms with Crippen molar-refractivity contribution in [2.75, 3.05) is 10.6 Å². The number of fused-ring (bicyclic) bond motifs is 1. The molecule has 0 saturated heterocycles. The molecule has 2 heterocycles. The summed E-state index contributed by atoms with van der Waals surface area (Å²) in [5.41, 5.74) is 3.01. The number of nitrogens with zero attached hydrogens (tertiary/aromatic N) is 3. The molecule has 1 amide bonds. The number of hydrogen-bond donors (Lipinski definition) is 2. The quantitative estimate of drug-likeness (QED) is 0.419. The van der Waals surface area contributed by atoms with Gasteiger partial charge in [0.15, 0.2) is 0 Å². The molecule has 2 atom stereocenters. The minimum atomic E-state index is -0.363. The van der Waals surface area contributed by atoms with Gasteiger partial charge in [-0.15, -0.1) is 5.10 Å². The van der Waals surface area contributed by atoms with Crippen LogP contribution in [0.1, 0.15) is 35.2 Å². The third-order valence-electron chi connectivity index (χ3n) is 5.61. The van der Waals surface area contributed by atoms with Crippen LogP contribution in [0.2, 0.25) is 0 Å². The average Bonchev–Trinajstić information content (AvgIpc) is 3.26. The second-order valence-corrected chi connectivity index (χ2v) is 7.85. The van der Waals surface area contributed by atoms with Gasteiger partial charge in [-0.25, -0.2) is 9.07 Å². The Morgan fingerprint density at radius 3 is 2.33 bits per heavy atom. The molecule has 0 bridgehead atoms. The summed E-state index contributed by atoms with van der Waals surface area (Å²) in [5.74, 6) is 0.138. The van der Waals surface area contributed by atoms with E-state index in [1.54, 1.807) is 18.2 Å². The average molecular weight is 439 g/mol. The van der Waals surface area contributed by atoms with Crippen LogP contribution in [0.4, 0.5) is 16.3 Å². The maximum absolute atomic E-state index is 13.0. The molecule has 0 saturated carbocycles. The lowest BCUT2D eigenvalue weighted by Gasteiger charge is -2.31. The Bertz CT molecular complexity index is 1270. The number of carbonyl (C=O) groups excluding carboxylic acids is 1. The van der Waals surface area contributed by atoms with Crippen LogP contribution in [0.3, 0.4) is 0 Å². The first-order chi connectivity index (χ1) is 16.2. The van der Waals surface area contributed by atoms with E-state index in [1.807, 2.05) is 41.1 Å². The molecular formula is C26H22FN5O. The van der Waals surface area contributed by atoms with Crippen LogP contribution in [0.5, 0.6) is 0 Å². The van der Waals surface area contributed by atoms with E-state index in [2.05, 4.69) is 45.0 Å². The highest BCUT2D eigenvalue weighted by Crippen LogP contribution is 2.38. The van der Waals surface area contributed by atoms with E-state index in [1.165, 1.54) is 23.8 Å². The number of nitrogens with one attached hydrogen (secondary N) is 2. The largest absolute Gasteiger partial charge is 0.347 e. The fraction of sp³-hybridized carbons (Fsp3) is 0.115. The molecule has 6 nitrogen and oxygen atoms in total. The summed E-state index contributed by atoms with van der Waals surface area (Å²) in [6, 6.07) is 26.3. The van der Waals surface area contributed by atoms with Gasteiger partial charge >= 0.3 is 0 Å². The maximum atomic E-state index is 13.0. The zero-order chi connectivity index (χ0) is 22.6. The van der Waals surface area contributed by atoms with Gasteiger partial charge in [-0.05, 0) is 41.3 Å². The number of benzene rings is 3. The summed E-state index contributed by atoms with van der Waals surface area (Å²) in [6.07, 6.45) is 3.78. The minimum Gasteiger partial charge on any atom is -0.347 e. The molecule has 5 rings (SSSR count). The number of anilines is 2. The first-order valence-electron chi connectivity index (χ1n) is 10.7. The molecule has 3 aromatic carbocycles. The van der Waals surface area contributed by atoms with Gasteiger partial charge in [0.2, 0.25) is 5.95 Å². The summed E-state index contributed by atoms with van der Waals surface area (Å²) in [6.45, 7) is 0. The highest BCUT2D eigenvalue weighted by molar-refractivity contribution is 6.00. The molecule has 1 aliphatic rings. The van der Waals surface area contributed by atoms with Gasteiger partial charge in [-0.1, -0.05) is 72.8 Å². The van der Waals surface area contributed by atoms with Crippen LogP contribution in [0.15, 0.2) is 91.0 Å². The summed E-state index contributed by atoms with van der Waals surface area (Å²) in [4.78, 5) is 17.0. The Morgan fingerprint density at radius 2 is 1.64 bits per heavy atom. The van der Waals surface area contributed by atoms with E-state index in [0.29, 0.717) is 5.95 Å². The van der Waals surface area contributed by atoms with Crippen LogP contribution in [0.25, 0.3) is 6.08 Å². The van der Waals surface area contributed by atoms with Crippen LogP contribution in [-0.2, 0) is 4.79 Å². The maximum Gasteiger partial charge on any atom is 0.250 e. The van der Waals surface area contributed by atoms with E-state index in [4.69, 9.17) is 0 Å². The Morgan fingerprint density at radius 1 is 0.970 bits per heavy atom. The van der Waals surface area contributed by atoms with Gasteiger partial charge in [0.1, 0.15) is 5.82 Å². The summed E-state index contributed by atoms with van der Waals surface area (Å²) >= 11 is 0. The van der Waals surface area contributed by atoms with Crippen LogP contribution in [0, 0.1) is 5.82 Å². The molecule has 0 aliphatic carbocycles. The van der Waals surface area contributed by atoms with E-state index in [0.717, 1.165) is 17.5 Å². The first-order valence-corrected chi connectivity index (χ1v) is 10.7. The van der Waals surface area contributed by atoms with Crippen molar-refractivity contribution < 1.29 is 9.18 Å². The zero-order valence-corrected chi connectivity index (χ0v) is 17.7. The molecule has 2 N–H and O–H groups in total. The van der Waals surface area contributed by atoms with Gasteiger partial charge in [0.25, 0.3) is 11.9 Å². The van der Waals surface area contributed by atoms with Gasteiger partial charge in [-0.3, -0.25) is 10.1 Å². The van der Waals surface area contributed by atoms with Crippen molar-refractivity contribution in [2.24, 2.45) is 0 Å². The molecule has 1 aromatic heterocycles. The van der Waals surface area contributed by atoms with E-state index in [-0.39, 0.29) is 29.8 Å². The standard InChI is InChI=1S/C26H22FN5O/c27-21-14-11-18(12-15-21)13-16-24(33)29-25-30-26-28-22(19-7-3-1-4-8-19)17-23(32(26)31-25)20-9-5-2-6-10-20/h1-16,22-23H,17H2,(H2,28,29,30,31,33)/b16-13+/t22-,23+/m0/s1. The number of aromatic nitrogens is 3. The Kier molecular flexibility index (Phi) is 5.68. The second kappa shape index (κ2) is 9.08. The highest BCUT2D eigenvalue weighted by atomic mass is 19.1. The normalized spacial score (nSPS) is 17.4. The first kappa shape index (κ1) is 20.6. The molecule has 0 unspecified atom stereocenters. The lowest BCUT2D eigenvalue weighted by molar-refractivity contribution is -0.111. The molecule has 0 fully saturated rings. The highest BCUT2D eigenvalue weighted by Gasteiger charge is 2.31. The van der Waals surface area contributed by atoms with E-state index < -0.39 is 0 Å². The Balaban J connectivity index is 1.39. The third kappa shape index (κ3) is 4.67. The van der Waals surface area contributed by atoms with Gasteiger partial charge in [0.05, 0.1) is 12.1 Å². The minimum absolute atomic E-state index is 0.0273. The predicted molar refractivity (Wildman–Crippen MR) is 126 cm³/mol. The number of rotatable bonds is 5. The number of hydrogen-bond acceptors (Lipinski definition) is 4. The molecule has 33 heavy (non-hydrogen) atoms. The van der Waals surface area contributed by atoms with Crippen molar-refractivity contribution in [3.05, 3.63) is 114 Å². The fourth-order valence-corrected chi connectivity index (χ4v) is 3.98.